The largest absolute Gasteiger partial charge is 0.370 e. The molecule has 0 fully saturated rings. The van der Waals surface area contributed by atoms with E-state index in [2.05, 4.69) is 19.9 Å². The van der Waals surface area contributed by atoms with Crippen LogP contribution in [0.1, 0.15) is 44.8 Å². The Labute approximate surface area is 113 Å². The third kappa shape index (κ3) is 3.64. The van der Waals surface area contributed by atoms with E-state index in [9.17, 15) is 10.1 Å². The zero-order valence-corrected chi connectivity index (χ0v) is 11.3. The van der Waals surface area contributed by atoms with Gasteiger partial charge >= 0.3 is 0 Å². The van der Waals surface area contributed by atoms with E-state index in [1.807, 2.05) is 6.07 Å². The summed E-state index contributed by atoms with van der Waals surface area (Å²) in [5, 5.41) is 10.8. The molecule has 0 saturated heterocycles. The van der Waals surface area contributed by atoms with E-state index in [0.29, 0.717) is 0 Å². The van der Waals surface area contributed by atoms with Gasteiger partial charge in [-0.2, -0.15) is 0 Å². The second-order valence-electron chi connectivity index (χ2n) is 5.12. The molecule has 0 aromatic heterocycles. The Morgan fingerprint density at radius 1 is 1.42 bits per heavy atom. The van der Waals surface area contributed by atoms with Gasteiger partial charge in [-0.1, -0.05) is 23.8 Å². The van der Waals surface area contributed by atoms with Gasteiger partial charge in [-0.25, -0.2) is 0 Å². The first kappa shape index (κ1) is 13.7. The van der Waals surface area contributed by atoms with Crippen molar-refractivity contribution in [1.82, 2.24) is 0 Å². The topological polar surface area (TPSA) is 52.4 Å². The van der Waals surface area contributed by atoms with Crippen molar-refractivity contribution in [3.63, 3.8) is 0 Å². The smallest absolute Gasteiger partial charge is 0.269 e. The fraction of sp³-hybridized carbons (Fsp3) is 0.467. The number of hydrogen-bond donors (Lipinski definition) is 0. The molecular formula is C15H19NO3. The summed E-state index contributed by atoms with van der Waals surface area (Å²) in [5.74, 6) is 0. The van der Waals surface area contributed by atoms with Crippen LogP contribution < -0.4 is 0 Å². The lowest BCUT2D eigenvalue weighted by Crippen LogP contribution is -2.16. The summed E-state index contributed by atoms with van der Waals surface area (Å²) < 4.78 is 6.02. The number of ether oxygens (including phenoxy) is 1. The Bertz CT molecular complexity index is 496. The quantitative estimate of drug-likeness (QED) is 0.456. The molecule has 2 atom stereocenters. The van der Waals surface area contributed by atoms with Crippen LogP contribution in [0.25, 0.3) is 0 Å². The zero-order chi connectivity index (χ0) is 13.8. The zero-order valence-electron chi connectivity index (χ0n) is 11.3. The summed E-state index contributed by atoms with van der Waals surface area (Å²) in [6.45, 7) is 4.14. The van der Waals surface area contributed by atoms with Gasteiger partial charge in [0.25, 0.3) is 5.69 Å². The van der Waals surface area contributed by atoms with E-state index in [0.717, 1.165) is 24.8 Å². The molecule has 0 bridgehead atoms. The van der Waals surface area contributed by atoms with Gasteiger partial charge in [-0.05, 0) is 38.7 Å². The molecule has 1 aromatic rings. The van der Waals surface area contributed by atoms with Crippen LogP contribution in [0.15, 0.2) is 35.9 Å². The number of benzene rings is 1. The minimum absolute atomic E-state index is 0.0913. The highest BCUT2D eigenvalue weighted by Crippen LogP contribution is 2.31. The van der Waals surface area contributed by atoms with Gasteiger partial charge in [-0.15, -0.1) is 0 Å². The molecule has 4 nitrogen and oxygen atoms in total. The predicted octanol–water partition coefficient (Wildman–Crippen LogP) is 4.17. The maximum atomic E-state index is 10.8. The van der Waals surface area contributed by atoms with Crippen molar-refractivity contribution in [2.24, 2.45) is 0 Å². The molecule has 19 heavy (non-hydrogen) atoms. The van der Waals surface area contributed by atoms with E-state index in [4.69, 9.17) is 4.74 Å². The lowest BCUT2D eigenvalue weighted by Gasteiger charge is -2.25. The van der Waals surface area contributed by atoms with Crippen LogP contribution in [-0.2, 0) is 4.74 Å². The SMILES string of the molecule is C/C1=C/CC[C@H](C)O[C@H](c2cccc([N+](=O)[O-])c2)C1. The van der Waals surface area contributed by atoms with E-state index in [1.165, 1.54) is 11.6 Å². The number of rotatable bonds is 2. The van der Waals surface area contributed by atoms with Crippen LogP contribution in [0.3, 0.4) is 0 Å². The fourth-order valence-corrected chi connectivity index (χ4v) is 2.37. The normalized spacial score (nSPS) is 26.9. The lowest BCUT2D eigenvalue weighted by molar-refractivity contribution is -0.385. The second-order valence-corrected chi connectivity index (χ2v) is 5.12. The molecule has 1 heterocycles. The maximum Gasteiger partial charge on any atom is 0.269 e. The predicted molar refractivity (Wildman–Crippen MR) is 74.0 cm³/mol. The highest BCUT2D eigenvalue weighted by molar-refractivity contribution is 5.35. The van der Waals surface area contributed by atoms with Gasteiger partial charge in [0.15, 0.2) is 0 Å². The molecule has 0 saturated carbocycles. The van der Waals surface area contributed by atoms with Crippen molar-refractivity contribution in [3.8, 4) is 0 Å². The number of allylic oxidation sites excluding steroid dienone is 1. The van der Waals surface area contributed by atoms with Crippen LogP contribution in [0.2, 0.25) is 0 Å². The summed E-state index contributed by atoms with van der Waals surface area (Å²) in [7, 11) is 0. The lowest BCUT2D eigenvalue weighted by atomic mass is 9.98. The molecule has 0 N–H and O–H groups in total. The van der Waals surface area contributed by atoms with Crippen molar-refractivity contribution in [2.75, 3.05) is 0 Å². The van der Waals surface area contributed by atoms with Crippen LogP contribution in [0, 0.1) is 10.1 Å². The summed E-state index contributed by atoms with van der Waals surface area (Å²) in [6.07, 6.45) is 5.15. The molecule has 1 aliphatic heterocycles. The van der Waals surface area contributed by atoms with Crippen molar-refractivity contribution in [1.29, 1.82) is 0 Å². The molecule has 102 valence electrons. The number of nitro benzene ring substituents is 1. The molecule has 0 amide bonds. The van der Waals surface area contributed by atoms with Crippen LogP contribution in [0.5, 0.6) is 0 Å². The van der Waals surface area contributed by atoms with Crippen LogP contribution >= 0.6 is 0 Å². The Kier molecular flexibility index (Phi) is 4.32. The molecule has 0 aliphatic carbocycles. The van der Waals surface area contributed by atoms with E-state index < -0.39 is 0 Å². The Morgan fingerprint density at radius 2 is 2.21 bits per heavy atom. The summed E-state index contributed by atoms with van der Waals surface area (Å²) in [5.41, 5.74) is 2.29. The molecule has 1 aromatic carbocycles. The van der Waals surface area contributed by atoms with Crippen molar-refractivity contribution in [2.45, 2.75) is 45.3 Å². The molecule has 2 rings (SSSR count). The van der Waals surface area contributed by atoms with Crippen molar-refractivity contribution in [3.05, 3.63) is 51.6 Å². The Morgan fingerprint density at radius 3 is 2.95 bits per heavy atom. The standard InChI is InChI=1S/C15H19NO3/c1-11-5-3-6-12(2)19-15(9-11)13-7-4-8-14(10-13)16(17)18/h4-5,7-8,10,12,15H,3,6,9H2,1-2H3/b11-5-/t12-,15-/m0/s1. The van der Waals surface area contributed by atoms with Crippen molar-refractivity contribution < 1.29 is 9.66 Å². The molecule has 4 heteroatoms. The number of nitrogens with zero attached hydrogens (tertiary/aromatic N) is 1. The van der Waals surface area contributed by atoms with Gasteiger partial charge in [0.2, 0.25) is 0 Å². The molecule has 0 unspecified atom stereocenters. The summed E-state index contributed by atoms with van der Waals surface area (Å²) >= 11 is 0. The number of nitro groups is 1. The first-order valence-corrected chi connectivity index (χ1v) is 6.61. The fourth-order valence-electron chi connectivity index (χ4n) is 2.37. The van der Waals surface area contributed by atoms with Gasteiger partial charge in [-0.3, -0.25) is 10.1 Å². The van der Waals surface area contributed by atoms with Crippen molar-refractivity contribution >= 4 is 5.69 Å². The minimum atomic E-state index is -0.363. The molecular weight excluding hydrogens is 242 g/mol. The van der Waals surface area contributed by atoms with E-state index in [-0.39, 0.29) is 22.8 Å². The van der Waals surface area contributed by atoms with Crippen LogP contribution in [-0.4, -0.2) is 11.0 Å². The highest BCUT2D eigenvalue weighted by Gasteiger charge is 2.20. The minimum Gasteiger partial charge on any atom is -0.370 e. The van der Waals surface area contributed by atoms with E-state index >= 15 is 0 Å². The molecule has 0 spiro atoms. The second kappa shape index (κ2) is 5.97. The highest BCUT2D eigenvalue weighted by atomic mass is 16.6. The average molecular weight is 261 g/mol. The van der Waals surface area contributed by atoms with Gasteiger partial charge in [0, 0.05) is 12.1 Å². The number of non-ortho nitro benzene ring substituents is 1. The first-order valence-electron chi connectivity index (χ1n) is 6.61. The first-order chi connectivity index (χ1) is 9.06. The third-order valence-electron chi connectivity index (χ3n) is 3.42. The maximum absolute atomic E-state index is 10.8. The molecule has 1 aliphatic rings. The van der Waals surface area contributed by atoms with Gasteiger partial charge < -0.3 is 4.74 Å². The molecule has 0 radical (unpaired) electrons. The van der Waals surface area contributed by atoms with Crippen LogP contribution in [0.4, 0.5) is 5.69 Å². The number of hydrogen-bond acceptors (Lipinski definition) is 3. The average Bonchev–Trinajstić information content (AvgIpc) is 2.36. The Hall–Kier alpha value is -1.68. The van der Waals surface area contributed by atoms with E-state index in [1.54, 1.807) is 12.1 Å². The monoisotopic (exact) mass is 261 g/mol. The van der Waals surface area contributed by atoms with Gasteiger partial charge in [0.05, 0.1) is 17.1 Å². The third-order valence-corrected chi connectivity index (χ3v) is 3.42. The summed E-state index contributed by atoms with van der Waals surface area (Å²) in [4.78, 5) is 10.5. The Balaban J connectivity index is 2.27. The van der Waals surface area contributed by atoms with Gasteiger partial charge in [0.1, 0.15) is 0 Å². The summed E-state index contributed by atoms with van der Waals surface area (Å²) in [6, 6.07) is 6.75.